The zero-order valence-corrected chi connectivity index (χ0v) is 11.6. The summed E-state index contributed by atoms with van der Waals surface area (Å²) in [4.78, 5) is 11.2. The third-order valence-electron chi connectivity index (χ3n) is 2.19. The second-order valence-corrected chi connectivity index (χ2v) is 4.11. The molecule has 1 fully saturated rings. The van der Waals surface area contributed by atoms with Crippen molar-refractivity contribution in [3.63, 3.8) is 0 Å². The summed E-state index contributed by atoms with van der Waals surface area (Å²) in [7, 11) is 0. The number of aryl methyl sites for hydroxylation is 1. The molecule has 3 N–H and O–H groups in total. The van der Waals surface area contributed by atoms with Crippen molar-refractivity contribution in [3.05, 3.63) is 29.8 Å². The van der Waals surface area contributed by atoms with E-state index < -0.39 is 0 Å². The van der Waals surface area contributed by atoms with Crippen molar-refractivity contribution in [2.45, 2.75) is 25.7 Å². The zero-order valence-electron chi connectivity index (χ0n) is 10.7. The van der Waals surface area contributed by atoms with Crippen molar-refractivity contribution in [1.29, 1.82) is 0 Å². The van der Waals surface area contributed by atoms with E-state index in [4.69, 9.17) is 5.73 Å². The van der Waals surface area contributed by atoms with Gasteiger partial charge in [0.2, 0.25) is 5.91 Å². The minimum absolute atomic E-state index is 0.111. The van der Waals surface area contributed by atoms with Gasteiger partial charge in [0.1, 0.15) is 0 Å². The Kier molecular flexibility index (Phi) is 8.54. The maximum atomic E-state index is 10.2. The summed E-state index contributed by atoms with van der Waals surface area (Å²) in [5.41, 5.74) is 6.18. The number of benzene rings is 1. The maximum absolute atomic E-state index is 10.2. The number of thiol groups is 1. The summed E-state index contributed by atoms with van der Waals surface area (Å²) in [6.45, 7) is 7.60. The molecule has 1 amide bonds. The van der Waals surface area contributed by atoms with Gasteiger partial charge in [-0.15, -0.1) is 12.6 Å². The number of primary amides is 1. The molecule has 0 aromatic heterocycles. The normalized spacial score (nSPS) is 13.4. The van der Waals surface area contributed by atoms with Crippen molar-refractivity contribution in [1.82, 2.24) is 5.32 Å². The molecule has 96 valence electrons. The molecule has 0 aliphatic carbocycles. The standard InChI is InChI=1S/C7H8S.C4H8N2O.C2H6/c1-6-3-2-4-7(8)5-6;5-4(7)3-1-6-2-3;1-2/h2-5,8H,1H3;3,6H,1-2H2,(H2,5,7);1-2H3. The minimum Gasteiger partial charge on any atom is -0.369 e. The molecule has 1 aliphatic heterocycles. The van der Waals surface area contributed by atoms with Crippen LogP contribution in [0.2, 0.25) is 0 Å². The lowest BCUT2D eigenvalue weighted by atomic mass is 10.0. The molecule has 0 bridgehead atoms. The van der Waals surface area contributed by atoms with Gasteiger partial charge in [-0.1, -0.05) is 31.5 Å². The Labute approximate surface area is 109 Å². The van der Waals surface area contributed by atoms with Crippen LogP contribution in [0.1, 0.15) is 19.4 Å². The molecule has 0 spiro atoms. The Bertz CT molecular complexity index is 321. The van der Waals surface area contributed by atoms with E-state index in [0.717, 1.165) is 18.0 Å². The average Bonchev–Trinajstić information content (AvgIpc) is 2.17. The van der Waals surface area contributed by atoms with Gasteiger partial charge >= 0.3 is 0 Å². The van der Waals surface area contributed by atoms with Gasteiger partial charge in [-0.2, -0.15) is 0 Å². The van der Waals surface area contributed by atoms with Gasteiger partial charge in [0.25, 0.3) is 0 Å². The molecule has 1 aliphatic rings. The Morgan fingerprint density at radius 2 is 2.00 bits per heavy atom. The smallest absolute Gasteiger partial charge is 0.223 e. The number of nitrogens with two attached hydrogens (primary N) is 1. The first-order valence-electron chi connectivity index (χ1n) is 5.85. The van der Waals surface area contributed by atoms with Crippen molar-refractivity contribution >= 4 is 18.5 Å². The molecule has 1 aromatic carbocycles. The highest BCUT2D eigenvalue weighted by Gasteiger charge is 2.21. The quantitative estimate of drug-likeness (QED) is 0.671. The van der Waals surface area contributed by atoms with Crippen LogP contribution in [0.25, 0.3) is 0 Å². The van der Waals surface area contributed by atoms with E-state index in [1.165, 1.54) is 5.56 Å². The maximum Gasteiger partial charge on any atom is 0.223 e. The van der Waals surface area contributed by atoms with Crippen LogP contribution in [0.5, 0.6) is 0 Å². The largest absolute Gasteiger partial charge is 0.369 e. The van der Waals surface area contributed by atoms with Crippen LogP contribution >= 0.6 is 12.6 Å². The van der Waals surface area contributed by atoms with E-state index in [2.05, 4.69) is 30.9 Å². The second-order valence-electron chi connectivity index (χ2n) is 3.60. The van der Waals surface area contributed by atoms with E-state index in [-0.39, 0.29) is 11.8 Å². The van der Waals surface area contributed by atoms with Crippen molar-refractivity contribution < 1.29 is 4.79 Å². The van der Waals surface area contributed by atoms with E-state index in [9.17, 15) is 4.79 Å². The van der Waals surface area contributed by atoms with Gasteiger partial charge in [0.15, 0.2) is 0 Å². The number of hydrogen-bond acceptors (Lipinski definition) is 3. The summed E-state index contributed by atoms with van der Waals surface area (Å²) in [6.07, 6.45) is 0. The van der Waals surface area contributed by atoms with Crippen LogP contribution in [-0.4, -0.2) is 19.0 Å². The molecule has 1 heterocycles. The van der Waals surface area contributed by atoms with Gasteiger partial charge in [0.05, 0.1) is 5.92 Å². The molecule has 1 aromatic rings. The van der Waals surface area contributed by atoms with E-state index in [0.29, 0.717) is 0 Å². The first kappa shape index (κ1) is 16.0. The molecule has 0 unspecified atom stereocenters. The molecule has 17 heavy (non-hydrogen) atoms. The number of carbonyl (C=O) groups excluding carboxylic acids is 1. The molecule has 2 rings (SSSR count). The molecule has 0 atom stereocenters. The fourth-order valence-electron chi connectivity index (χ4n) is 1.12. The number of amides is 1. The van der Waals surface area contributed by atoms with Crippen LogP contribution in [0.4, 0.5) is 0 Å². The van der Waals surface area contributed by atoms with E-state index >= 15 is 0 Å². The second kappa shape index (κ2) is 9.07. The topological polar surface area (TPSA) is 55.1 Å². The molecular weight excluding hydrogens is 232 g/mol. The number of nitrogens with one attached hydrogen (secondary N) is 1. The van der Waals surface area contributed by atoms with Gasteiger partial charge < -0.3 is 11.1 Å². The van der Waals surface area contributed by atoms with Crippen LogP contribution in [-0.2, 0) is 4.79 Å². The minimum atomic E-state index is -0.182. The van der Waals surface area contributed by atoms with Gasteiger partial charge in [-0.3, -0.25) is 4.79 Å². The molecule has 0 radical (unpaired) electrons. The fourth-order valence-corrected chi connectivity index (χ4v) is 1.41. The van der Waals surface area contributed by atoms with Gasteiger partial charge in [-0.25, -0.2) is 0 Å². The number of hydrogen-bond donors (Lipinski definition) is 3. The fraction of sp³-hybridized carbons (Fsp3) is 0.462. The predicted octanol–water partition coefficient (Wildman–Crippen LogP) is 2.00. The Balaban J connectivity index is 0.000000265. The lowest BCUT2D eigenvalue weighted by Crippen LogP contribution is -2.49. The Morgan fingerprint density at radius 1 is 1.41 bits per heavy atom. The summed E-state index contributed by atoms with van der Waals surface area (Å²) in [5, 5.41) is 2.94. The van der Waals surface area contributed by atoms with Crippen LogP contribution in [0, 0.1) is 12.8 Å². The van der Waals surface area contributed by atoms with E-state index in [1.54, 1.807) is 0 Å². The summed E-state index contributed by atoms with van der Waals surface area (Å²) < 4.78 is 0. The van der Waals surface area contributed by atoms with Crippen LogP contribution < -0.4 is 11.1 Å². The monoisotopic (exact) mass is 254 g/mol. The predicted molar refractivity (Wildman–Crippen MR) is 75.3 cm³/mol. The van der Waals surface area contributed by atoms with Gasteiger partial charge in [-0.05, 0) is 19.1 Å². The summed E-state index contributed by atoms with van der Waals surface area (Å²) in [5.74, 6) is -0.0706. The summed E-state index contributed by atoms with van der Waals surface area (Å²) in [6, 6.07) is 8.05. The molecule has 3 nitrogen and oxygen atoms in total. The molecule has 4 heteroatoms. The first-order chi connectivity index (χ1) is 8.09. The lowest BCUT2D eigenvalue weighted by molar-refractivity contribution is -0.123. The molecular formula is C13H22N2OS. The number of rotatable bonds is 1. The lowest BCUT2D eigenvalue weighted by Gasteiger charge is -2.22. The van der Waals surface area contributed by atoms with Gasteiger partial charge in [0, 0.05) is 18.0 Å². The third kappa shape index (κ3) is 7.02. The SMILES string of the molecule is CC.Cc1cccc(S)c1.NC(=O)C1CNC1. The molecule has 1 saturated heterocycles. The van der Waals surface area contributed by atoms with Crippen molar-refractivity contribution in [3.8, 4) is 0 Å². The summed E-state index contributed by atoms with van der Waals surface area (Å²) >= 11 is 4.15. The number of carbonyl (C=O) groups is 1. The molecule has 0 saturated carbocycles. The highest BCUT2D eigenvalue weighted by atomic mass is 32.1. The third-order valence-corrected chi connectivity index (χ3v) is 2.46. The average molecular weight is 254 g/mol. The first-order valence-corrected chi connectivity index (χ1v) is 6.30. The van der Waals surface area contributed by atoms with E-state index in [1.807, 2.05) is 32.0 Å². The van der Waals surface area contributed by atoms with Crippen molar-refractivity contribution in [2.75, 3.05) is 13.1 Å². The van der Waals surface area contributed by atoms with Crippen LogP contribution in [0.3, 0.4) is 0 Å². The highest BCUT2D eigenvalue weighted by molar-refractivity contribution is 7.80. The van der Waals surface area contributed by atoms with Crippen LogP contribution in [0.15, 0.2) is 29.2 Å². The Morgan fingerprint density at radius 3 is 2.18 bits per heavy atom. The van der Waals surface area contributed by atoms with Crippen molar-refractivity contribution in [2.24, 2.45) is 11.7 Å². The zero-order chi connectivity index (χ0) is 13.3. The highest BCUT2D eigenvalue weighted by Crippen LogP contribution is 2.06. The Hall–Kier alpha value is -1.00.